The maximum absolute atomic E-state index is 12.4. The second kappa shape index (κ2) is 11.8. The fourth-order valence-electron chi connectivity index (χ4n) is 2.57. The minimum absolute atomic E-state index is 0.252. The third-order valence-electron chi connectivity index (χ3n) is 4.01. The van der Waals surface area contributed by atoms with Gasteiger partial charge in [0.2, 0.25) is 5.75 Å². The van der Waals surface area contributed by atoms with Gasteiger partial charge in [0, 0.05) is 15.6 Å². The zero-order chi connectivity index (χ0) is 22.8. The van der Waals surface area contributed by atoms with Crippen molar-refractivity contribution in [2.45, 2.75) is 6.92 Å². The monoisotopic (exact) mass is 493 g/mol. The summed E-state index contributed by atoms with van der Waals surface area (Å²) < 4.78 is 21.9. The molecule has 166 valence electrons. The van der Waals surface area contributed by atoms with Crippen molar-refractivity contribution in [1.82, 2.24) is 10.7 Å². The Hall–Kier alpha value is -3.27. The summed E-state index contributed by atoms with van der Waals surface area (Å²) in [5, 5.41) is 6.43. The predicted molar refractivity (Wildman–Crippen MR) is 119 cm³/mol. The molecule has 31 heavy (non-hydrogen) atoms. The van der Waals surface area contributed by atoms with Crippen molar-refractivity contribution >= 4 is 34.0 Å². The first-order valence-electron chi connectivity index (χ1n) is 9.25. The highest BCUT2D eigenvalue weighted by Gasteiger charge is 2.17. The second-order valence-corrected chi connectivity index (χ2v) is 6.86. The highest BCUT2D eigenvalue weighted by Crippen LogP contribution is 2.38. The van der Waals surface area contributed by atoms with Gasteiger partial charge in [-0.15, -0.1) is 0 Å². The highest BCUT2D eigenvalue weighted by atomic mass is 79.9. The Morgan fingerprint density at radius 3 is 2.32 bits per heavy atom. The van der Waals surface area contributed by atoms with Crippen LogP contribution in [0.2, 0.25) is 0 Å². The van der Waals surface area contributed by atoms with Crippen molar-refractivity contribution in [3.8, 4) is 23.0 Å². The standard InChI is InChI=1S/C21H24BrN3O6/c1-5-31-15-6-7-16(22)14(8-15)11-24-25-19(26)12-23-21(27)13-9-17(28-2)20(30-4)18(10-13)29-3/h6-11H,5,12H2,1-4H3,(H,23,27)(H,25,26)/b24-11+. The van der Waals surface area contributed by atoms with E-state index in [0.29, 0.717) is 29.6 Å². The van der Waals surface area contributed by atoms with Gasteiger partial charge >= 0.3 is 0 Å². The van der Waals surface area contributed by atoms with Gasteiger partial charge in [-0.05, 0) is 37.3 Å². The number of hydrogen-bond acceptors (Lipinski definition) is 7. The number of carbonyl (C=O) groups excluding carboxylic acids is 2. The Balaban J connectivity index is 1.96. The van der Waals surface area contributed by atoms with Crippen LogP contribution in [-0.2, 0) is 4.79 Å². The van der Waals surface area contributed by atoms with Crippen molar-refractivity contribution in [1.29, 1.82) is 0 Å². The van der Waals surface area contributed by atoms with Crippen LogP contribution in [0.15, 0.2) is 39.9 Å². The van der Waals surface area contributed by atoms with Gasteiger partial charge in [-0.1, -0.05) is 15.9 Å². The molecule has 0 unspecified atom stereocenters. The van der Waals surface area contributed by atoms with E-state index in [4.69, 9.17) is 18.9 Å². The van der Waals surface area contributed by atoms with Crippen molar-refractivity contribution in [3.63, 3.8) is 0 Å². The van der Waals surface area contributed by atoms with Crippen LogP contribution in [0.25, 0.3) is 0 Å². The molecule has 0 aliphatic carbocycles. The number of hydrogen-bond donors (Lipinski definition) is 2. The van der Waals surface area contributed by atoms with Crippen molar-refractivity contribution in [2.75, 3.05) is 34.5 Å². The van der Waals surface area contributed by atoms with Crippen LogP contribution in [0.4, 0.5) is 0 Å². The quantitative estimate of drug-likeness (QED) is 0.389. The highest BCUT2D eigenvalue weighted by molar-refractivity contribution is 9.10. The molecule has 0 heterocycles. The molecule has 0 bridgehead atoms. The maximum Gasteiger partial charge on any atom is 0.259 e. The van der Waals surface area contributed by atoms with E-state index in [-0.39, 0.29) is 12.1 Å². The minimum atomic E-state index is -0.492. The van der Waals surface area contributed by atoms with Crippen molar-refractivity contribution < 1.29 is 28.5 Å². The summed E-state index contributed by atoms with van der Waals surface area (Å²) in [6, 6.07) is 8.43. The molecule has 0 aromatic heterocycles. The average Bonchev–Trinajstić information content (AvgIpc) is 2.78. The number of nitrogens with zero attached hydrogens (tertiary/aromatic N) is 1. The molecule has 0 aliphatic heterocycles. The molecular weight excluding hydrogens is 470 g/mol. The summed E-state index contributed by atoms with van der Waals surface area (Å²) in [5.41, 5.74) is 3.35. The smallest absolute Gasteiger partial charge is 0.259 e. The molecule has 0 fully saturated rings. The zero-order valence-electron chi connectivity index (χ0n) is 17.7. The van der Waals surface area contributed by atoms with Crippen LogP contribution < -0.4 is 29.7 Å². The molecule has 2 N–H and O–H groups in total. The molecule has 10 heteroatoms. The molecule has 0 aliphatic rings. The van der Waals surface area contributed by atoms with Crippen LogP contribution >= 0.6 is 15.9 Å². The maximum atomic E-state index is 12.4. The third kappa shape index (κ3) is 6.61. The van der Waals surface area contributed by atoms with Crippen molar-refractivity contribution in [2.24, 2.45) is 5.10 Å². The fraction of sp³-hybridized carbons (Fsp3) is 0.286. The average molecular weight is 494 g/mol. The minimum Gasteiger partial charge on any atom is -0.494 e. The van der Waals surface area contributed by atoms with Gasteiger partial charge in [-0.2, -0.15) is 5.10 Å². The molecule has 2 amide bonds. The first-order valence-corrected chi connectivity index (χ1v) is 10.0. The van der Waals surface area contributed by atoms with Crippen molar-refractivity contribution in [3.05, 3.63) is 45.9 Å². The second-order valence-electron chi connectivity index (χ2n) is 6.01. The summed E-state index contributed by atoms with van der Waals surface area (Å²) >= 11 is 3.41. The number of halogens is 1. The third-order valence-corrected chi connectivity index (χ3v) is 4.73. The molecule has 0 atom stereocenters. The van der Waals surface area contributed by atoms with Gasteiger partial charge in [0.1, 0.15) is 5.75 Å². The molecule has 9 nitrogen and oxygen atoms in total. The molecule has 0 spiro atoms. The van der Waals surface area contributed by atoms with Gasteiger partial charge in [0.15, 0.2) is 11.5 Å². The molecular formula is C21H24BrN3O6. The molecule has 0 radical (unpaired) electrons. The van der Waals surface area contributed by atoms with Gasteiger partial charge in [-0.25, -0.2) is 5.43 Å². The lowest BCUT2D eigenvalue weighted by atomic mass is 10.1. The number of amides is 2. The van der Waals surface area contributed by atoms with Gasteiger partial charge in [-0.3, -0.25) is 9.59 Å². The lowest BCUT2D eigenvalue weighted by molar-refractivity contribution is -0.120. The van der Waals surface area contributed by atoms with E-state index >= 15 is 0 Å². The van der Waals surface area contributed by atoms with E-state index in [2.05, 4.69) is 31.8 Å². The van der Waals surface area contributed by atoms with E-state index in [1.807, 2.05) is 19.1 Å². The lowest BCUT2D eigenvalue weighted by Gasteiger charge is -2.14. The SMILES string of the molecule is CCOc1ccc(Br)c(/C=N/NC(=O)CNC(=O)c2cc(OC)c(OC)c(OC)c2)c1. The fourth-order valence-corrected chi connectivity index (χ4v) is 2.91. The Kier molecular flexibility index (Phi) is 9.13. The summed E-state index contributed by atoms with van der Waals surface area (Å²) in [7, 11) is 4.37. The Bertz CT molecular complexity index is 939. The zero-order valence-corrected chi connectivity index (χ0v) is 19.2. The molecule has 2 aromatic rings. The lowest BCUT2D eigenvalue weighted by Crippen LogP contribution is -2.35. The van der Waals surface area contributed by atoms with Crippen LogP contribution in [-0.4, -0.2) is 52.5 Å². The Morgan fingerprint density at radius 2 is 1.74 bits per heavy atom. The van der Waals surface area contributed by atoms with Crippen LogP contribution in [0.3, 0.4) is 0 Å². The van der Waals surface area contributed by atoms with E-state index < -0.39 is 11.8 Å². The van der Waals surface area contributed by atoms with E-state index in [0.717, 1.165) is 10.0 Å². The first-order chi connectivity index (χ1) is 14.9. The topological polar surface area (TPSA) is 107 Å². The predicted octanol–water partition coefficient (Wildman–Crippen LogP) is 2.75. The van der Waals surface area contributed by atoms with Crippen LogP contribution in [0.1, 0.15) is 22.8 Å². The number of rotatable bonds is 10. The number of benzene rings is 2. The molecule has 0 saturated heterocycles. The van der Waals surface area contributed by atoms with Crippen LogP contribution in [0.5, 0.6) is 23.0 Å². The van der Waals surface area contributed by atoms with E-state index in [1.54, 1.807) is 6.07 Å². The van der Waals surface area contributed by atoms with Gasteiger partial charge in [0.05, 0.1) is 40.7 Å². The largest absolute Gasteiger partial charge is 0.494 e. The Labute approximate surface area is 188 Å². The van der Waals surface area contributed by atoms with Gasteiger partial charge < -0.3 is 24.3 Å². The first kappa shape index (κ1) is 24.0. The van der Waals surface area contributed by atoms with E-state index in [1.165, 1.54) is 39.7 Å². The molecule has 2 rings (SSSR count). The van der Waals surface area contributed by atoms with E-state index in [9.17, 15) is 9.59 Å². The summed E-state index contributed by atoms with van der Waals surface area (Å²) in [4.78, 5) is 24.4. The van der Waals surface area contributed by atoms with Crippen LogP contribution in [0, 0.1) is 0 Å². The molecule has 2 aromatic carbocycles. The van der Waals surface area contributed by atoms with Gasteiger partial charge in [0.25, 0.3) is 11.8 Å². The Morgan fingerprint density at radius 1 is 1.06 bits per heavy atom. The summed E-state index contributed by atoms with van der Waals surface area (Å²) in [6.07, 6.45) is 1.48. The number of nitrogens with one attached hydrogen (secondary N) is 2. The number of methoxy groups -OCH3 is 3. The number of hydrazone groups is 1. The number of ether oxygens (including phenoxy) is 4. The normalized spacial score (nSPS) is 10.5. The molecule has 0 saturated carbocycles. The summed E-state index contributed by atoms with van der Waals surface area (Å²) in [5.74, 6) is 0.755. The number of carbonyl (C=O) groups is 2. The summed E-state index contributed by atoms with van der Waals surface area (Å²) in [6.45, 7) is 2.16.